The summed E-state index contributed by atoms with van der Waals surface area (Å²) in [5.74, 6) is 0. The Morgan fingerprint density at radius 2 is 2.46 bits per heavy atom. The number of aliphatic hydroxyl groups excluding tert-OH is 1. The minimum Gasteiger partial charge on any atom is -0.395 e. The molecule has 1 aliphatic heterocycles. The zero-order valence-electron chi connectivity index (χ0n) is 8.45. The van der Waals surface area contributed by atoms with Crippen molar-refractivity contribution in [3.63, 3.8) is 0 Å². The maximum Gasteiger partial charge on any atom is 0.0558 e. The molecule has 1 N–H and O–H groups in total. The third-order valence-electron chi connectivity index (χ3n) is 2.71. The van der Waals surface area contributed by atoms with Crippen LogP contribution in [0, 0.1) is 0 Å². The van der Waals surface area contributed by atoms with Crippen LogP contribution in [0.2, 0.25) is 0 Å². The molecule has 0 aromatic heterocycles. The van der Waals surface area contributed by atoms with Crippen molar-refractivity contribution >= 4 is 0 Å². The van der Waals surface area contributed by atoms with Gasteiger partial charge in [0.15, 0.2) is 0 Å². The van der Waals surface area contributed by atoms with E-state index in [1.54, 1.807) is 0 Å². The van der Waals surface area contributed by atoms with E-state index in [1.807, 2.05) is 6.08 Å². The van der Waals surface area contributed by atoms with E-state index < -0.39 is 0 Å². The molecular formula is C10H20N2O. The third-order valence-corrected chi connectivity index (χ3v) is 2.71. The fraction of sp³-hybridized carbons (Fsp3) is 0.800. The highest BCUT2D eigenvalue weighted by atomic mass is 16.3. The SMILES string of the molecule is C=CCN1CCC(N(C)CCO)C1. The Kier molecular flexibility index (Phi) is 4.42. The number of aliphatic hydroxyl groups is 1. The number of nitrogens with zero attached hydrogens (tertiary/aromatic N) is 2. The number of hydrogen-bond acceptors (Lipinski definition) is 3. The molecule has 3 heteroatoms. The fourth-order valence-corrected chi connectivity index (χ4v) is 1.86. The summed E-state index contributed by atoms with van der Waals surface area (Å²) >= 11 is 0. The second kappa shape index (κ2) is 5.37. The largest absolute Gasteiger partial charge is 0.395 e. The highest BCUT2D eigenvalue weighted by Crippen LogP contribution is 2.13. The summed E-state index contributed by atoms with van der Waals surface area (Å²) in [6.07, 6.45) is 3.17. The molecule has 1 heterocycles. The second-order valence-electron chi connectivity index (χ2n) is 3.69. The average Bonchev–Trinajstić information content (AvgIpc) is 2.54. The maximum atomic E-state index is 8.79. The van der Waals surface area contributed by atoms with Crippen molar-refractivity contribution in [2.75, 3.05) is 39.8 Å². The summed E-state index contributed by atoms with van der Waals surface area (Å²) in [5.41, 5.74) is 0. The lowest BCUT2D eigenvalue weighted by molar-refractivity contribution is 0.180. The number of likely N-dealkylation sites (tertiary alicyclic amines) is 1. The van der Waals surface area contributed by atoms with Crippen molar-refractivity contribution in [2.24, 2.45) is 0 Å². The van der Waals surface area contributed by atoms with E-state index >= 15 is 0 Å². The van der Waals surface area contributed by atoms with Crippen molar-refractivity contribution in [2.45, 2.75) is 12.5 Å². The van der Waals surface area contributed by atoms with E-state index in [2.05, 4.69) is 23.4 Å². The lowest BCUT2D eigenvalue weighted by atomic mass is 10.2. The Hall–Kier alpha value is -0.380. The van der Waals surface area contributed by atoms with Gasteiger partial charge in [0.25, 0.3) is 0 Å². The van der Waals surface area contributed by atoms with Crippen LogP contribution >= 0.6 is 0 Å². The fourth-order valence-electron chi connectivity index (χ4n) is 1.86. The second-order valence-corrected chi connectivity index (χ2v) is 3.69. The first-order valence-electron chi connectivity index (χ1n) is 4.92. The zero-order valence-corrected chi connectivity index (χ0v) is 8.45. The van der Waals surface area contributed by atoms with Crippen LogP contribution in [0.5, 0.6) is 0 Å². The quantitative estimate of drug-likeness (QED) is 0.617. The minimum atomic E-state index is 0.258. The van der Waals surface area contributed by atoms with Crippen molar-refractivity contribution in [1.29, 1.82) is 0 Å². The molecule has 0 aliphatic carbocycles. The molecule has 0 saturated carbocycles. The molecule has 0 aromatic carbocycles. The standard InChI is InChI=1S/C10H20N2O/c1-3-5-12-6-4-10(9-12)11(2)7-8-13/h3,10,13H,1,4-9H2,2H3. The van der Waals surface area contributed by atoms with Gasteiger partial charge in [-0.1, -0.05) is 6.08 Å². The van der Waals surface area contributed by atoms with Crippen molar-refractivity contribution in [3.05, 3.63) is 12.7 Å². The molecule has 13 heavy (non-hydrogen) atoms. The summed E-state index contributed by atoms with van der Waals surface area (Å²) in [4.78, 5) is 4.63. The monoisotopic (exact) mass is 184 g/mol. The highest BCUT2D eigenvalue weighted by molar-refractivity contribution is 4.85. The normalized spacial score (nSPS) is 24.1. The van der Waals surface area contributed by atoms with Crippen LogP contribution in [0.4, 0.5) is 0 Å². The Labute approximate surface area is 80.6 Å². The zero-order chi connectivity index (χ0) is 9.68. The van der Waals surface area contributed by atoms with Gasteiger partial charge in [-0.15, -0.1) is 6.58 Å². The van der Waals surface area contributed by atoms with E-state index in [-0.39, 0.29) is 6.61 Å². The van der Waals surface area contributed by atoms with E-state index in [1.165, 1.54) is 6.42 Å². The van der Waals surface area contributed by atoms with E-state index in [9.17, 15) is 0 Å². The summed E-state index contributed by atoms with van der Waals surface area (Å²) in [6.45, 7) is 8.04. The summed E-state index contributed by atoms with van der Waals surface area (Å²) < 4.78 is 0. The van der Waals surface area contributed by atoms with E-state index in [4.69, 9.17) is 5.11 Å². The lowest BCUT2D eigenvalue weighted by Crippen LogP contribution is -2.36. The van der Waals surface area contributed by atoms with Crippen LogP contribution in [0.3, 0.4) is 0 Å². The van der Waals surface area contributed by atoms with Crippen LogP contribution in [0.15, 0.2) is 12.7 Å². The van der Waals surface area contributed by atoms with Gasteiger partial charge in [-0.2, -0.15) is 0 Å². The lowest BCUT2D eigenvalue weighted by Gasteiger charge is -2.23. The van der Waals surface area contributed by atoms with Crippen LogP contribution in [0.25, 0.3) is 0 Å². The first kappa shape index (κ1) is 10.7. The summed E-state index contributed by atoms with van der Waals surface area (Å²) in [6, 6.07) is 0.618. The number of hydrogen-bond donors (Lipinski definition) is 1. The Morgan fingerprint density at radius 3 is 3.08 bits per heavy atom. The van der Waals surface area contributed by atoms with Gasteiger partial charge in [-0.25, -0.2) is 0 Å². The molecule has 76 valence electrons. The summed E-state index contributed by atoms with van der Waals surface area (Å²) in [7, 11) is 2.08. The highest BCUT2D eigenvalue weighted by Gasteiger charge is 2.24. The Morgan fingerprint density at radius 1 is 1.69 bits per heavy atom. The summed E-state index contributed by atoms with van der Waals surface area (Å²) in [5, 5.41) is 8.79. The minimum absolute atomic E-state index is 0.258. The van der Waals surface area contributed by atoms with Crippen molar-refractivity contribution in [1.82, 2.24) is 9.80 Å². The first-order valence-corrected chi connectivity index (χ1v) is 4.92. The number of rotatable bonds is 5. The molecule has 0 radical (unpaired) electrons. The molecule has 1 aliphatic rings. The molecule has 0 aromatic rings. The van der Waals surface area contributed by atoms with Gasteiger partial charge >= 0.3 is 0 Å². The molecule has 1 unspecified atom stereocenters. The van der Waals surface area contributed by atoms with Gasteiger partial charge in [0.2, 0.25) is 0 Å². The molecular weight excluding hydrogens is 164 g/mol. The van der Waals surface area contributed by atoms with Crippen LogP contribution in [-0.4, -0.2) is 60.8 Å². The smallest absolute Gasteiger partial charge is 0.0558 e. The topological polar surface area (TPSA) is 26.7 Å². The molecule has 0 bridgehead atoms. The molecule has 0 amide bonds. The average molecular weight is 184 g/mol. The predicted molar refractivity (Wildman–Crippen MR) is 54.8 cm³/mol. The van der Waals surface area contributed by atoms with Crippen molar-refractivity contribution < 1.29 is 5.11 Å². The number of likely N-dealkylation sites (N-methyl/N-ethyl adjacent to an activating group) is 1. The van der Waals surface area contributed by atoms with E-state index in [0.717, 1.165) is 26.2 Å². The third kappa shape index (κ3) is 3.10. The van der Waals surface area contributed by atoms with Gasteiger partial charge in [-0.3, -0.25) is 9.80 Å². The van der Waals surface area contributed by atoms with Gasteiger partial charge in [0, 0.05) is 32.2 Å². The Bertz CT molecular complexity index is 161. The van der Waals surface area contributed by atoms with Crippen LogP contribution in [-0.2, 0) is 0 Å². The first-order chi connectivity index (χ1) is 6.27. The van der Waals surface area contributed by atoms with Gasteiger partial charge < -0.3 is 5.11 Å². The molecule has 0 spiro atoms. The van der Waals surface area contributed by atoms with Crippen LogP contribution < -0.4 is 0 Å². The van der Waals surface area contributed by atoms with Gasteiger partial charge in [0.1, 0.15) is 0 Å². The van der Waals surface area contributed by atoms with Crippen LogP contribution in [0.1, 0.15) is 6.42 Å². The molecule has 1 fully saturated rings. The predicted octanol–water partition coefficient (Wildman–Crippen LogP) is 0.171. The molecule has 1 rings (SSSR count). The molecule has 1 saturated heterocycles. The Balaban J connectivity index is 2.27. The van der Waals surface area contributed by atoms with Crippen molar-refractivity contribution in [3.8, 4) is 0 Å². The van der Waals surface area contributed by atoms with Gasteiger partial charge in [0.05, 0.1) is 6.61 Å². The van der Waals surface area contributed by atoms with E-state index in [0.29, 0.717) is 6.04 Å². The van der Waals surface area contributed by atoms with Gasteiger partial charge in [-0.05, 0) is 13.5 Å². The maximum absolute atomic E-state index is 8.79. The molecule has 3 nitrogen and oxygen atoms in total. The molecule has 1 atom stereocenters.